The molecule has 1 heterocycles. The second-order valence-electron chi connectivity index (χ2n) is 4.22. The van der Waals surface area contributed by atoms with Gasteiger partial charge in [0, 0.05) is 13.1 Å². The number of anilines is 2. The monoisotopic (exact) mass is 267 g/mol. The van der Waals surface area contributed by atoms with Gasteiger partial charge in [-0.3, -0.25) is 0 Å². The highest BCUT2D eigenvalue weighted by Gasteiger charge is 2.11. The number of hydrogen-bond acceptors (Lipinski definition) is 6. The van der Waals surface area contributed by atoms with E-state index in [0.29, 0.717) is 29.8 Å². The van der Waals surface area contributed by atoms with Gasteiger partial charge < -0.3 is 20.7 Å². The van der Waals surface area contributed by atoms with Gasteiger partial charge in [-0.25, -0.2) is 4.98 Å². The van der Waals surface area contributed by atoms with Crippen LogP contribution in [0.15, 0.2) is 0 Å². The molecule has 0 fully saturated rings. The number of likely N-dealkylation sites (N-methyl/N-ethyl adjacent to an activating group) is 1. The second-order valence-corrected chi connectivity index (χ2v) is 4.22. The first-order valence-corrected chi connectivity index (χ1v) is 6.85. The minimum Gasteiger partial charge on any atom is -0.476 e. The maximum absolute atomic E-state index is 5.99. The lowest BCUT2D eigenvalue weighted by Crippen LogP contribution is -2.29. The Morgan fingerprint density at radius 3 is 2.47 bits per heavy atom. The third-order valence-corrected chi connectivity index (χ3v) is 2.92. The Morgan fingerprint density at radius 2 is 1.89 bits per heavy atom. The van der Waals surface area contributed by atoms with Crippen molar-refractivity contribution in [3.05, 3.63) is 5.82 Å². The van der Waals surface area contributed by atoms with Gasteiger partial charge in [0.05, 0.1) is 6.61 Å². The van der Waals surface area contributed by atoms with Crippen molar-refractivity contribution < 1.29 is 4.74 Å². The zero-order chi connectivity index (χ0) is 14.3. The first kappa shape index (κ1) is 15.5. The highest BCUT2D eigenvalue weighted by molar-refractivity contribution is 5.66. The topological polar surface area (TPSA) is 76.3 Å². The van der Waals surface area contributed by atoms with Crippen molar-refractivity contribution in [2.75, 3.05) is 43.8 Å². The van der Waals surface area contributed by atoms with Crippen LogP contribution in [0.2, 0.25) is 0 Å². The Morgan fingerprint density at radius 1 is 1.21 bits per heavy atom. The van der Waals surface area contributed by atoms with Gasteiger partial charge in [0.2, 0.25) is 5.88 Å². The summed E-state index contributed by atoms with van der Waals surface area (Å²) in [5.41, 5.74) is 6.47. The summed E-state index contributed by atoms with van der Waals surface area (Å²) in [6, 6.07) is 0. The molecule has 6 nitrogen and oxygen atoms in total. The predicted molar refractivity (Wildman–Crippen MR) is 78.6 cm³/mol. The molecule has 108 valence electrons. The number of nitrogens with zero attached hydrogens (tertiary/aromatic N) is 3. The fraction of sp³-hybridized carbons (Fsp3) is 0.692. The average Bonchev–Trinajstić information content (AvgIpc) is 2.40. The highest BCUT2D eigenvalue weighted by atomic mass is 16.5. The minimum absolute atomic E-state index is 0.459. The van der Waals surface area contributed by atoms with Crippen molar-refractivity contribution in [2.24, 2.45) is 0 Å². The number of aromatic nitrogens is 2. The van der Waals surface area contributed by atoms with Crippen LogP contribution in [-0.2, 0) is 0 Å². The van der Waals surface area contributed by atoms with Gasteiger partial charge in [0.25, 0.3) is 0 Å². The Bertz CT molecular complexity index is 393. The molecule has 0 radical (unpaired) electrons. The Hall–Kier alpha value is -1.56. The van der Waals surface area contributed by atoms with Gasteiger partial charge in [-0.15, -0.1) is 0 Å². The zero-order valence-corrected chi connectivity index (χ0v) is 12.4. The van der Waals surface area contributed by atoms with Gasteiger partial charge in [-0.05, 0) is 26.9 Å². The summed E-state index contributed by atoms with van der Waals surface area (Å²) in [7, 11) is 0. The fourth-order valence-corrected chi connectivity index (χ4v) is 1.81. The summed E-state index contributed by atoms with van der Waals surface area (Å²) in [4.78, 5) is 10.8. The molecule has 0 saturated heterocycles. The molecule has 0 amide bonds. The number of hydrogen-bond donors (Lipinski definition) is 2. The predicted octanol–water partition coefficient (Wildman–Crippen LogP) is 1.52. The molecule has 0 aliphatic rings. The van der Waals surface area contributed by atoms with E-state index in [-0.39, 0.29) is 0 Å². The molecule has 3 N–H and O–H groups in total. The molecule has 1 aromatic heterocycles. The number of aryl methyl sites for hydroxylation is 1. The van der Waals surface area contributed by atoms with Crippen LogP contribution in [0.25, 0.3) is 0 Å². The van der Waals surface area contributed by atoms with Crippen LogP contribution < -0.4 is 15.8 Å². The maximum Gasteiger partial charge on any atom is 0.242 e. The van der Waals surface area contributed by atoms with Crippen LogP contribution >= 0.6 is 0 Å². The normalized spacial score (nSPS) is 10.8. The highest BCUT2D eigenvalue weighted by Crippen LogP contribution is 2.25. The molecule has 0 spiro atoms. The van der Waals surface area contributed by atoms with Gasteiger partial charge in [-0.2, -0.15) is 4.98 Å². The standard InChI is InChI=1S/C13H25N5O/c1-5-18(6-2)9-8-15-12-11(14)13(19-7-3)17-10(4)16-12/h5-9,14H2,1-4H3,(H,15,16,17). The van der Waals surface area contributed by atoms with Crippen LogP contribution in [0.3, 0.4) is 0 Å². The van der Waals surface area contributed by atoms with Crippen molar-refractivity contribution in [2.45, 2.75) is 27.7 Å². The third kappa shape index (κ3) is 4.55. The summed E-state index contributed by atoms with van der Waals surface area (Å²) in [6.07, 6.45) is 0. The summed E-state index contributed by atoms with van der Waals surface area (Å²) in [5.74, 6) is 1.77. The summed E-state index contributed by atoms with van der Waals surface area (Å²) >= 11 is 0. The minimum atomic E-state index is 0.459. The van der Waals surface area contributed by atoms with Crippen LogP contribution in [-0.4, -0.2) is 47.7 Å². The Kier molecular flexibility index (Phi) is 6.35. The van der Waals surface area contributed by atoms with Crippen LogP contribution in [0.1, 0.15) is 26.6 Å². The second kappa shape index (κ2) is 7.78. The van der Waals surface area contributed by atoms with Gasteiger partial charge in [0.1, 0.15) is 11.5 Å². The van der Waals surface area contributed by atoms with Gasteiger partial charge >= 0.3 is 0 Å². The molecular weight excluding hydrogens is 242 g/mol. The molecule has 0 saturated carbocycles. The van der Waals surface area contributed by atoms with E-state index in [9.17, 15) is 0 Å². The summed E-state index contributed by atoms with van der Waals surface area (Å²) < 4.78 is 5.40. The number of nitrogens with two attached hydrogens (primary N) is 1. The quantitative estimate of drug-likeness (QED) is 0.743. The van der Waals surface area contributed by atoms with E-state index in [4.69, 9.17) is 10.5 Å². The van der Waals surface area contributed by atoms with Gasteiger partial charge in [-0.1, -0.05) is 13.8 Å². The zero-order valence-electron chi connectivity index (χ0n) is 12.4. The van der Waals surface area contributed by atoms with E-state index >= 15 is 0 Å². The number of rotatable bonds is 8. The molecule has 0 aliphatic heterocycles. The molecule has 1 rings (SSSR count). The fourth-order valence-electron chi connectivity index (χ4n) is 1.81. The smallest absolute Gasteiger partial charge is 0.242 e. The third-order valence-electron chi connectivity index (χ3n) is 2.92. The van der Waals surface area contributed by atoms with Gasteiger partial charge in [0.15, 0.2) is 5.82 Å². The lowest BCUT2D eigenvalue weighted by atomic mass is 10.4. The molecule has 0 aliphatic carbocycles. The summed E-state index contributed by atoms with van der Waals surface area (Å²) in [6.45, 7) is 12.4. The molecule has 0 atom stereocenters. The SMILES string of the molecule is CCOc1nc(C)nc(NCCN(CC)CC)c1N. The van der Waals surface area contributed by atoms with E-state index in [1.54, 1.807) is 0 Å². The van der Waals surface area contributed by atoms with E-state index in [1.165, 1.54) is 0 Å². The molecule has 0 aromatic carbocycles. The van der Waals surface area contributed by atoms with Crippen molar-refractivity contribution in [1.29, 1.82) is 0 Å². The molecule has 0 unspecified atom stereocenters. The Labute approximate surface area is 115 Å². The summed E-state index contributed by atoms with van der Waals surface area (Å²) in [5, 5.41) is 3.25. The number of nitrogen functional groups attached to an aromatic ring is 1. The molecule has 1 aromatic rings. The molecular formula is C13H25N5O. The molecule has 6 heteroatoms. The average molecular weight is 267 g/mol. The first-order valence-electron chi connectivity index (χ1n) is 6.85. The Balaban J connectivity index is 2.67. The van der Waals surface area contributed by atoms with Crippen LogP contribution in [0, 0.1) is 6.92 Å². The lowest BCUT2D eigenvalue weighted by molar-refractivity contribution is 0.315. The number of nitrogens with one attached hydrogen (secondary N) is 1. The van der Waals surface area contributed by atoms with E-state index < -0.39 is 0 Å². The number of ether oxygens (including phenoxy) is 1. The van der Waals surface area contributed by atoms with Crippen molar-refractivity contribution in [3.63, 3.8) is 0 Å². The maximum atomic E-state index is 5.99. The van der Waals surface area contributed by atoms with E-state index in [1.807, 2.05) is 13.8 Å². The van der Waals surface area contributed by atoms with E-state index in [2.05, 4.69) is 34.0 Å². The molecule has 0 bridgehead atoms. The largest absolute Gasteiger partial charge is 0.476 e. The van der Waals surface area contributed by atoms with E-state index in [0.717, 1.165) is 26.2 Å². The molecule has 19 heavy (non-hydrogen) atoms. The van der Waals surface area contributed by atoms with Crippen LogP contribution in [0.5, 0.6) is 5.88 Å². The van der Waals surface area contributed by atoms with Crippen LogP contribution in [0.4, 0.5) is 11.5 Å². The van der Waals surface area contributed by atoms with Crippen molar-refractivity contribution in [1.82, 2.24) is 14.9 Å². The van der Waals surface area contributed by atoms with Crippen molar-refractivity contribution >= 4 is 11.5 Å². The van der Waals surface area contributed by atoms with Crippen molar-refractivity contribution in [3.8, 4) is 5.88 Å². The lowest BCUT2D eigenvalue weighted by Gasteiger charge is -2.19. The first-order chi connectivity index (χ1) is 9.12.